The molecule has 26 heavy (non-hydrogen) atoms. The monoisotopic (exact) mass is 376 g/mol. The molecular weight excluding hydrogens is 356 g/mol. The van der Waals surface area contributed by atoms with Crippen LogP contribution >= 0.6 is 11.6 Å². The molecule has 2 amide bonds. The number of amides is 2. The lowest BCUT2D eigenvalue weighted by Crippen LogP contribution is -2.22. The van der Waals surface area contributed by atoms with E-state index >= 15 is 0 Å². The fraction of sp³-hybridized carbons (Fsp3) is 0.263. The first-order chi connectivity index (χ1) is 12.3. The van der Waals surface area contributed by atoms with Gasteiger partial charge in [0.15, 0.2) is 0 Å². The molecule has 0 spiro atoms. The smallest absolute Gasteiger partial charge is 0.254 e. The molecule has 138 valence electrons. The Hall–Kier alpha value is -2.73. The van der Waals surface area contributed by atoms with Crippen LogP contribution in [0.5, 0.6) is 11.5 Å². The van der Waals surface area contributed by atoms with Crippen LogP contribution in [-0.4, -0.2) is 45.0 Å². The lowest BCUT2D eigenvalue weighted by atomic mass is 10.1. The van der Waals surface area contributed by atoms with Gasteiger partial charge in [0.05, 0.1) is 31.2 Å². The van der Waals surface area contributed by atoms with E-state index < -0.39 is 0 Å². The number of hydrogen-bond acceptors (Lipinski definition) is 4. The average Bonchev–Trinajstić information content (AvgIpc) is 2.62. The Balaban J connectivity index is 2.18. The molecule has 6 nitrogen and oxygen atoms in total. The van der Waals surface area contributed by atoms with Crippen LogP contribution in [0.25, 0.3) is 0 Å². The molecule has 0 saturated carbocycles. The lowest BCUT2D eigenvalue weighted by Gasteiger charge is -2.14. The molecule has 2 aromatic rings. The van der Waals surface area contributed by atoms with Crippen LogP contribution in [0.4, 0.5) is 5.69 Å². The number of carbonyl (C=O) groups excluding carboxylic acids is 2. The molecule has 1 N–H and O–H groups in total. The maximum atomic E-state index is 12.4. The second-order valence-electron chi connectivity index (χ2n) is 5.80. The maximum Gasteiger partial charge on any atom is 0.254 e. The van der Waals surface area contributed by atoms with E-state index in [1.165, 1.54) is 4.90 Å². The van der Waals surface area contributed by atoms with Crippen molar-refractivity contribution in [3.63, 3.8) is 0 Å². The van der Waals surface area contributed by atoms with Crippen LogP contribution < -0.4 is 14.8 Å². The molecule has 0 aliphatic carbocycles. The minimum Gasteiger partial charge on any atom is -0.497 e. The molecule has 7 heteroatoms. The summed E-state index contributed by atoms with van der Waals surface area (Å²) in [5.74, 6) is 0.752. The van der Waals surface area contributed by atoms with Gasteiger partial charge in [-0.2, -0.15) is 0 Å². The first kappa shape index (κ1) is 19.6. The fourth-order valence-corrected chi connectivity index (χ4v) is 2.60. The summed E-state index contributed by atoms with van der Waals surface area (Å²) in [7, 11) is 6.38. The van der Waals surface area contributed by atoms with Crippen molar-refractivity contribution >= 4 is 29.1 Å². The van der Waals surface area contributed by atoms with E-state index in [2.05, 4.69) is 5.32 Å². The second-order valence-corrected chi connectivity index (χ2v) is 6.20. The zero-order chi connectivity index (χ0) is 19.3. The van der Waals surface area contributed by atoms with Crippen LogP contribution in [0.2, 0.25) is 5.02 Å². The van der Waals surface area contributed by atoms with Gasteiger partial charge in [-0.15, -0.1) is 0 Å². The zero-order valence-corrected chi connectivity index (χ0v) is 15.9. The highest BCUT2D eigenvalue weighted by molar-refractivity contribution is 6.34. The third-order valence-corrected chi connectivity index (χ3v) is 4.05. The molecule has 0 radical (unpaired) electrons. The Bertz CT molecular complexity index is 821. The standard InChI is InChI=1S/C19H21ClN2O4/c1-22(2)19(24)15-11-13(5-7-16(15)20)21-18(23)10-12-9-14(25-3)6-8-17(12)26-4/h5-9,11H,10H2,1-4H3,(H,21,23). The van der Waals surface area contributed by atoms with E-state index in [-0.39, 0.29) is 18.2 Å². The van der Waals surface area contributed by atoms with Crippen LogP contribution in [0, 0.1) is 0 Å². The topological polar surface area (TPSA) is 67.9 Å². The molecule has 0 heterocycles. The van der Waals surface area contributed by atoms with Crippen molar-refractivity contribution in [3.8, 4) is 11.5 Å². The van der Waals surface area contributed by atoms with Crippen molar-refractivity contribution in [3.05, 3.63) is 52.5 Å². The quantitative estimate of drug-likeness (QED) is 0.840. The molecule has 0 unspecified atom stereocenters. The van der Waals surface area contributed by atoms with Gasteiger partial charge in [0.2, 0.25) is 5.91 Å². The van der Waals surface area contributed by atoms with Gasteiger partial charge in [-0.1, -0.05) is 11.6 Å². The van der Waals surface area contributed by atoms with E-state index in [9.17, 15) is 9.59 Å². The number of benzene rings is 2. The number of ether oxygens (including phenoxy) is 2. The third kappa shape index (κ3) is 4.67. The first-order valence-corrected chi connectivity index (χ1v) is 8.25. The highest BCUT2D eigenvalue weighted by Gasteiger charge is 2.15. The molecule has 0 aliphatic rings. The molecule has 0 fully saturated rings. The maximum absolute atomic E-state index is 12.4. The van der Waals surface area contributed by atoms with Gasteiger partial charge >= 0.3 is 0 Å². The number of hydrogen-bond donors (Lipinski definition) is 1. The predicted octanol–water partition coefficient (Wildman–Crippen LogP) is 3.24. The summed E-state index contributed by atoms with van der Waals surface area (Å²) in [5, 5.41) is 3.11. The Labute approximate surface area is 157 Å². The summed E-state index contributed by atoms with van der Waals surface area (Å²) >= 11 is 6.08. The van der Waals surface area contributed by atoms with Crippen molar-refractivity contribution in [2.75, 3.05) is 33.6 Å². The molecular formula is C19H21ClN2O4. The summed E-state index contributed by atoms with van der Waals surface area (Å²) in [6, 6.07) is 10.1. The minimum absolute atomic E-state index is 0.0972. The Morgan fingerprint density at radius 2 is 1.81 bits per heavy atom. The van der Waals surface area contributed by atoms with Crippen LogP contribution in [-0.2, 0) is 11.2 Å². The molecule has 0 aliphatic heterocycles. The van der Waals surface area contributed by atoms with Crippen molar-refractivity contribution in [2.45, 2.75) is 6.42 Å². The zero-order valence-electron chi connectivity index (χ0n) is 15.1. The Kier molecular flexibility index (Phi) is 6.46. The fourth-order valence-electron chi connectivity index (χ4n) is 2.41. The molecule has 0 saturated heterocycles. The highest BCUT2D eigenvalue weighted by atomic mass is 35.5. The van der Waals surface area contributed by atoms with Crippen LogP contribution in [0.15, 0.2) is 36.4 Å². The first-order valence-electron chi connectivity index (χ1n) is 7.87. The molecule has 2 aromatic carbocycles. The number of nitrogens with zero attached hydrogens (tertiary/aromatic N) is 1. The van der Waals surface area contributed by atoms with Gasteiger partial charge < -0.3 is 19.7 Å². The van der Waals surface area contributed by atoms with E-state index in [0.29, 0.717) is 33.3 Å². The summed E-state index contributed by atoms with van der Waals surface area (Å²) in [4.78, 5) is 26.0. The van der Waals surface area contributed by atoms with Crippen molar-refractivity contribution in [1.29, 1.82) is 0 Å². The minimum atomic E-state index is -0.248. The molecule has 2 rings (SSSR count). The van der Waals surface area contributed by atoms with Gasteiger partial charge in [0, 0.05) is 25.3 Å². The molecule has 0 bridgehead atoms. The van der Waals surface area contributed by atoms with E-state index in [1.54, 1.807) is 64.7 Å². The average molecular weight is 377 g/mol. The van der Waals surface area contributed by atoms with Gasteiger partial charge in [0.25, 0.3) is 5.91 Å². The summed E-state index contributed by atoms with van der Waals surface area (Å²) < 4.78 is 10.5. The van der Waals surface area contributed by atoms with Crippen molar-refractivity contribution < 1.29 is 19.1 Å². The number of halogens is 1. The number of methoxy groups -OCH3 is 2. The van der Waals surface area contributed by atoms with Crippen LogP contribution in [0.3, 0.4) is 0 Å². The highest BCUT2D eigenvalue weighted by Crippen LogP contribution is 2.25. The second kappa shape index (κ2) is 8.58. The van der Waals surface area contributed by atoms with E-state index in [4.69, 9.17) is 21.1 Å². The van der Waals surface area contributed by atoms with Crippen molar-refractivity contribution in [1.82, 2.24) is 4.90 Å². The Morgan fingerprint density at radius 3 is 2.42 bits per heavy atom. The van der Waals surface area contributed by atoms with Crippen LogP contribution in [0.1, 0.15) is 15.9 Å². The third-order valence-electron chi connectivity index (χ3n) is 3.73. The number of anilines is 1. The van der Waals surface area contributed by atoms with Crippen molar-refractivity contribution in [2.24, 2.45) is 0 Å². The summed E-state index contributed by atoms with van der Waals surface area (Å²) in [6.45, 7) is 0. The number of nitrogens with one attached hydrogen (secondary N) is 1. The molecule has 0 aromatic heterocycles. The number of rotatable bonds is 6. The Morgan fingerprint density at radius 1 is 1.08 bits per heavy atom. The van der Waals surface area contributed by atoms with Gasteiger partial charge in [-0.3, -0.25) is 9.59 Å². The summed E-state index contributed by atoms with van der Waals surface area (Å²) in [6.07, 6.45) is 0.0972. The lowest BCUT2D eigenvalue weighted by molar-refractivity contribution is -0.115. The van der Waals surface area contributed by atoms with Gasteiger partial charge in [-0.05, 0) is 36.4 Å². The van der Waals surface area contributed by atoms with Gasteiger partial charge in [0.1, 0.15) is 11.5 Å². The predicted molar refractivity (Wildman–Crippen MR) is 101 cm³/mol. The van der Waals surface area contributed by atoms with E-state index in [0.717, 1.165) is 0 Å². The summed E-state index contributed by atoms with van der Waals surface area (Å²) in [5.41, 5.74) is 1.52. The normalized spacial score (nSPS) is 10.2. The SMILES string of the molecule is COc1ccc(OC)c(CC(=O)Nc2ccc(Cl)c(C(=O)N(C)C)c2)c1. The number of carbonyl (C=O) groups is 2. The van der Waals surface area contributed by atoms with Gasteiger partial charge in [-0.25, -0.2) is 0 Å². The molecule has 0 atom stereocenters. The van der Waals surface area contributed by atoms with E-state index in [1.807, 2.05) is 0 Å². The largest absolute Gasteiger partial charge is 0.497 e.